The van der Waals surface area contributed by atoms with Crippen molar-refractivity contribution in [1.29, 1.82) is 0 Å². The van der Waals surface area contributed by atoms with Crippen LogP contribution in [0.1, 0.15) is 35.7 Å². The van der Waals surface area contributed by atoms with Crippen LogP contribution >= 0.6 is 38.9 Å². The molecule has 102 valence electrons. The quantitative estimate of drug-likeness (QED) is 0.816. The third kappa shape index (κ3) is 3.78. The van der Waals surface area contributed by atoms with E-state index in [9.17, 15) is 0 Å². The summed E-state index contributed by atoms with van der Waals surface area (Å²) in [7, 11) is 0. The molecule has 0 radical (unpaired) electrons. The van der Waals surface area contributed by atoms with Crippen LogP contribution in [0, 0.1) is 6.92 Å². The minimum atomic E-state index is 0.0589. The van der Waals surface area contributed by atoms with Crippen LogP contribution in [-0.4, -0.2) is 11.5 Å². The topological polar surface area (TPSA) is 24.9 Å². The van der Waals surface area contributed by atoms with E-state index in [0.717, 1.165) is 38.7 Å². The number of hydrogen-bond acceptors (Lipinski definition) is 3. The number of aromatic nitrogens is 1. The van der Waals surface area contributed by atoms with Gasteiger partial charge in [0.25, 0.3) is 0 Å². The van der Waals surface area contributed by atoms with Gasteiger partial charge in [0, 0.05) is 20.6 Å². The molecule has 0 aliphatic heterocycles. The first-order chi connectivity index (χ1) is 9.11. The largest absolute Gasteiger partial charge is 0.304 e. The predicted molar refractivity (Wildman–Crippen MR) is 86.1 cm³/mol. The lowest BCUT2D eigenvalue weighted by Crippen LogP contribution is -2.23. The minimum absolute atomic E-state index is 0.0589. The number of halogens is 2. The van der Waals surface area contributed by atoms with Crippen molar-refractivity contribution >= 4 is 38.9 Å². The van der Waals surface area contributed by atoms with Crippen molar-refractivity contribution in [3.05, 3.63) is 49.3 Å². The number of thiazole rings is 1. The summed E-state index contributed by atoms with van der Waals surface area (Å²) < 4.78 is 1.03. The Kier molecular flexibility index (Phi) is 5.39. The summed E-state index contributed by atoms with van der Waals surface area (Å²) in [5.41, 5.74) is 2.12. The van der Waals surface area contributed by atoms with E-state index in [1.54, 1.807) is 11.3 Å². The van der Waals surface area contributed by atoms with Crippen molar-refractivity contribution in [3.63, 3.8) is 0 Å². The van der Waals surface area contributed by atoms with Crippen molar-refractivity contribution in [3.8, 4) is 0 Å². The number of rotatable bonds is 5. The predicted octanol–water partition coefficient (Wildman–Crippen LogP) is 4.96. The number of nitrogens with zero attached hydrogens (tertiary/aromatic N) is 1. The molecule has 0 amide bonds. The Morgan fingerprint density at radius 2 is 2.26 bits per heavy atom. The Morgan fingerprint density at radius 1 is 1.47 bits per heavy atom. The van der Waals surface area contributed by atoms with Gasteiger partial charge in [0.1, 0.15) is 5.01 Å². The highest BCUT2D eigenvalue weighted by Gasteiger charge is 2.19. The number of aryl methyl sites for hydroxylation is 1. The highest BCUT2D eigenvalue weighted by molar-refractivity contribution is 9.10. The fourth-order valence-electron chi connectivity index (χ4n) is 1.86. The molecule has 2 aromatic rings. The fourth-order valence-corrected chi connectivity index (χ4v) is 3.35. The van der Waals surface area contributed by atoms with Gasteiger partial charge in [-0.05, 0) is 43.7 Å². The lowest BCUT2D eigenvalue weighted by Gasteiger charge is -2.18. The molecule has 1 atom stereocenters. The lowest BCUT2D eigenvalue weighted by molar-refractivity contribution is 0.595. The Bertz CT molecular complexity index is 556. The Morgan fingerprint density at radius 3 is 2.89 bits per heavy atom. The summed E-state index contributed by atoms with van der Waals surface area (Å²) in [5, 5.41) is 7.43. The van der Waals surface area contributed by atoms with Crippen LogP contribution in [0.5, 0.6) is 0 Å². The minimum Gasteiger partial charge on any atom is -0.304 e. The first-order valence-corrected chi connectivity index (χ1v) is 8.27. The summed E-state index contributed by atoms with van der Waals surface area (Å²) in [6.45, 7) is 5.10. The SMILES string of the molecule is CCCNC(c1nc(C)cs1)c1cc(Br)ccc1Cl. The van der Waals surface area contributed by atoms with E-state index in [1.807, 2.05) is 19.1 Å². The molecule has 0 spiro atoms. The molecule has 0 aliphatic carbocycles. The first kappa shape index (κ1) is 15.0. The van der Waals surface area contributed by atoms with Crippen LogP contribution in [0.25, 0.3) is 0 Å². The average Bonchev–Trinajstić information content (AvgIpc) is 2.80. The van der Waals surface area contributed by atoms with Gasteiger partial charge in [-0.25, -0.2) is 4.98 Å². The zero-order valence-electron chi connectivity index (χ0n) is 10.9. The van der Waals surface area contributed by atoms with Gasteiger partial charge in [-0.15, -0.1) is 11.3 Å². The molecule has 0 fully saturated rings. The van der Waals surface area contributed by atoms with E-state index < -0.39 is 0 Å². The van der Waals surface area contributed by atoms with E-state index in [1.165, 1.54) is 0 Å². The van der Waals surface area contributed by atoms with Crippen LogP contribution in [0.15, 0.2) is 28.1 Å². The number of hydrogen-bond donors (Lipinski definition) is 1. The van der Waals surface area contributed by atoms with Crippen molar-refractivity contribution < 1.29 is 0 Å². The summed E-state index contributed by atoms with van der Waals surface area (Å²) in [6, 6.07) is 5.99. The van der Waals surface area contributed by atoms with Gasteiger partial charge in [-0.2, -0.15) is 0 Å². The van der Waals surface area contributed by atoms with Gasteiger partial charge in [0.2, 0.25) is 0 Å². The van der Waals surface area contributed by atoms with Crippen molar-refractivity contribution in [2.24, 2.45) is 0 Å². The third-order valence-electron chi connectivity index (χ3n) is 2.75. The van der Waals surface area contributed by atoms with E-state index >= 15 is 0 Å². The molecule has 5 heteroatoms. The maximum atomic E-state index is 6.34. The van der Waals surface area contributed by atoms with Crippen LogP contribution in [-0.2, 0) is 0 Å². The molecule has 2 nitrogen and oxygen atoms in total. The van der Waals surface area contributed by atoms with Gasteiger partial charge < -0.3 is 5.32 Å². The third-order valence-corrected chi connectivity index (χ3v) is 4.62. The summed E-state index contributed by atoms with van der Waals surface area (Å²) in [5.74, 6) is 0. The molecule has 1 aromatic carbocycles. The van der Waals surface area contributed by atoms with E-state index in [4.69, 9.17) is 11.6 Å². The van der Waals surface area contributed by atoms with Crippen LogP contribution < -0.4 is 5.32 Å². The summed E-state index contributed by atoms with van der Waals surface area (Å²) in [6.07, 6.45) is 1.08. The molecule has 1 heterocycles. The zero-order chi connectivity index (χ0) is 13.8. The van der Waals surface area contributed by atoms with Crippen LogP contribution in [0.4, 0.5) is 0 Å². The molecule has 0 saturated heterocycles. The van der Waals surface area contributed by atoms with Gasteiger partial charge in [-0.3, -0.25) is 0 Å². The van der Waals surface area contributed by atoms with E-state index in [0.29, 0.717) is 0 Å². The molecular formula is C14H16BrClN2S. The highest BCUT2D eigenvalue weighted by atomic mass is 79.9. The van der Waals surface area contributed by atoms with Gasteiger partial charge >= 0.3 is 0 Å². The molecule has 1 N–H and O–H groups in total. The second-order valence-electron chi connectivity index (χ2n) is 4.38. The number of nitrogens with one attached hydrogen (secondary N) is 1. The van der Waals surface area contributed by atoms with E-state index in [-0.39, 0.29) is 6.04 Å². The van der Waals surface area contributed by atoms with Crippen molar-refractivity contribution in [1.82, 2.24) is 10.3 Å². The van der Waals surface area contributed by atoms with E-state index in [2.05, 4.69) is 44.6 Å². The maximum Gasteiger partial charge on any atom is 0.114 e. The molecule has 1 unspecified atom stereocenters. The Balaban J connectivity index is 2.39. The number of benzene rings is 1. The smallest absolute Gasteiger partial charge is 0.114 e. The van der Waals surface area contributed by atoms with Crippen LogP contribution in [0.2, 0.25) is 5.02 Å². The lowest BCUT2D eigenvalue weighted by atomic mass is 10.1. The standard InChI is InChI=1S/C14H16BrClN2S/c1-3-6-17-13(14-18-9(2)8-19-14)11-7-10(15)4-5-12(11)16/h4-5,7-8,13,17H,3,6H2,1-2H3. The van der Waals surface area contributed by atoms with Gasteiger partial charge in [0.15, 0.2) is 0 Å². The summed E-state index contributed by atoms with van der Waals surface area (Å²) in [4.78, 5) is 4.59. The molecular weight excluding hydrogens is 344 g/mol. The molecule has 0 bridgehead atoms. The van der Waals surface area contributed by atoms with Crippen molar-refractivity contribution in [2.45, 2.75) is 26.3 Å². The average molecular weight is 360 g/mol. The molecule has 1 aromatic heterocycles. The molecule has 2 rings (SSSR count). The highest BCUT2D eigenvalue weighted by Crippen LogP contribution is 2.32. The zero-order valence-corrected chi connectivity index (χ0v) is 14.1. The van der Waals surface area contributed by atoms with Crippen LogP contribution in [0.3, 0.4) is 0 Å². The maximum absolute atomic E-state index is 6.34. The fraction of sp³-hybridized carbons (Fsp3) is 0.357. The van der Waals surface area contributed by atoms with Crippen molar-refractivity contribution in [2.75, 3.05) is 6.54 Å². The Hall–Kier alpha value is -0.420. The van der Waals surface area contributed by atoms with Gasteiger partial charge in [0.05, 0.1) is 6.04 Å². The molecule has 0 aliphatic rings. The van der Waals surface area contributed by atoms with Gasteiger partial charge in [-0.1, -0.05) is 34.5 Å². The first-order valence-electron chi connectivity index (χ1n) is 6.22. The Labute approximate surface area is 131 Å². The molecule has 19 heavy (non-hydrogen) atoms. The second kappa shape index (κ2) is 6.84. The second-order valence-corrected chi connectivity index (χ2v) is 6.59. The molecule has 0 saturated carbocycles. The normalized spacial score (nSPS) is 12.6. The monoisotopic (exact) mass is 358 g/mol. The summed E-state index contributed by atoms with van der Waals surface area (Å²) >= 11 is 11.5.